The quantitative estimate of drug-likeness (QED) is 0.894. The van der Waals surface area contributed by atoms with Gasteiger partial charge in [0, 0.05) is 32.5 Å². The summed E-state index contributed by atoms with van der Waals surface area (Å²) in [5.74, 6) is -0.130. The Bertz CT molecular complexity index is 570. The van der Waals surface area contributed by atoms with Gasteiger partial charge < -0.3 is 10.2 Å². The number of halogens is 3. The number of hydrogen-bond acceptors (Lipinski definition) is 2. The maximum atomic E-state index is 12.5. The van der Waals surface area contributed by atoms with E-state index in [0.717, 1.165) is 31.4 Å². The highest BCUT2D eigenvalue weighted by atomic mass is 19.4. The third-order valence-electron chi connectivity index (χ3n) is 4.05. The van der Waals surface area contributed by atoms with E-state index in [9.17, 15) is 22.8 Å². The minimum absolute atomic E-state index is 0.0861. The summed E-state index contributed by atoms with van der Waals surface area (Å²) in [6.07, 6.45) is -0.738. The van der Waals surface area contributed by atoms with Crippen molar-refractivity contribution < 1.29 is 22.8 Å². The SMILES string of the molecule is O=C(CCN1CCCCCC1=O)NCc1ccc(C(F)(F)F)cc1. The molecule has 0 aliphatic carbocycles. The molecule has 1 saturated heterocycles. The van der Waals surface area contributed by atoms with Crippen molar-refractivity contribution in [2.24, 2.45) is 0 Å². The minimum atomic E-state index is -4.36. The smallest absolute Gasteiger partial charge is 0.352 e. The second-order valence-corrected chi connectivity index (χ2v) is 5.91. The van der Waals surface area contributed by atoms with Crippen molar-refractivity contribution in [2.75, 3.05) is 13.1 Å². The van der Waals surface area contributed by atoms with Crippen LogP contribution in [0.4, 0.5) is 13.2 Å². The number of alkyl halides is 3. The van der Waals surface area contributed by atoms with E-state index in [1.807, 2.05) is 0 Å². The van der Waals surface area contributed by atoms with Gasteiger partial charge in [-0.05, 0) is 30.5 Å². The predicted octanol–water partition coefficient (Wildman–Crippen LogP) is 3.11. The topological polar surface area (TPSA) is 49.4 Å². The molecule has 0 aromatic heterocycles. The molecule has 2 amide bonds. The molecule has 0 atom stereocenters. The summed E-state index contributed by atoms with van der Waals surface area (Å²) in [6.45, 7) is 1.24. The number of likely N-dealkylation sites (tertiary alicyclic amines) is 1. The molecule has 0 saturated carbocycles. The van der Waals surface area contributed by atoms with E-state index in [-0.39, 0.29) is 24.8 Å². The van der Waals surface area contributed by atoms with Crippen molar-refractivity contribution in [3.05, 3.63) is 35.4 Å². The average molecular weight is 342 g/mol. The molecule has 0 unspecified atom stereocenters. The molecule has 1 N–H and O–H groups in total. The first-order chi connectivity index (χ1) is 11.4. The number of carbonyl (C=O) groups excluding carboxylic acids is 2. The molecule has 1 fully saturated rings. The van der Waals surface area contributed by atoms with Crippen LogP contribution in [0.15, 0.2) is 24.3 Å². The van der Waals surface area contributed by atoms with Crippen LogP contribution in [-0.2, 0) is 22.3 Å². The molecule has 1 aromatic rings. The van der Waals surface area contributed by atoms with Crippen LogP contribution < -0.4 is 5.32 Å². The van der Waals surface area contributed by atoms with Crippen molar-refractivity contribution in [1.82, 2.24) is 10.2 Å². The highest BCUT2D eigenvalue weighted by Crippen LogP contribution is 2.29. The second-order valence-electron chi connectivity index (χ2n) is 5.91. The first-order valence-corrected chi connectivity index (χ1v) is 8.07. The van der Waals surface area contributed by atoms with Crippen molar-refractivity contribution in [3.63, 3.8) is 0 Å². The summed E-state index contributed by atoms with van der Waals surface area (Å²) < 4.78 is 37.4. The van der Waals surface area contributed by atoms with Crippen LogP contribution in [0.5, 0.6) is 0 Å². The summed E-state index contributed by atoms with van der Waals surface area (Å²) in [6, 6.07) is 4.69. The Morgan fingerprint density at radius 3 is 2.50 bits per heavy atom. The molecule has 0 bridgehead atoms. The minimum Gasteiger partial charge on any atom is -0.352 e. The molecular formula is C17H21F3N2O2. The molecule has 24 heavy (non-hydrogen) atoms. The summed E-state index contributed by atoms with van der Waals surface area (Å²) in [4.78, 5) is 25.4. The lowest BCUT2D eigenvalue weighted by molar-refractivity contribution is -0.137. The maximum Gasteiger partial charge on any atom is 0.416 e. The molecule has 1 aromatic carbocycles. The fourth-order valence-electron chi connectivity index (χ4n) is 2.61. The highest BCUT2D eigenvalue weighted by Gasteiger charge is 2.29. The number of rotatable bonds is 5. The van der Waals surface area contributed by atoms with Gasteiger partial charge in [0.1, 0.15) is 0 Å². The monoisotopic (exact) mass is 342 g/mol. The van der Waals surface area contributed by atoms with E-state index < -0.39 is 11.7 Å². The van der Waals surface area contributed by atoms with Crippen LogP contribution >= 0.6 is 0 Å². The van der Waals surface area contributed by atoms with Crippen LogP contribution in [0.1, 0.15) is 43.2 Å². The molecule has 1 aliphatic rings. The van der Waals surface area contributed by atoms with Crippen molar-refractivity contribution in [2.45, 2.75) is 44.8 Å². The summed E-state index contributed by atoms with van der Waals surface area (Å²) in [7, 11) is 0. The van der Waals surface area contributed by atoms with Gasteiger partial charge in [-0.1, -0.05) is 18.6 Å². The molecule has 4 nitrogen and oxygen atoms in total. The fraction of sp³-hybridized carbons (Fsp3) is 0.529. The summed E-state index contributed by atoms with van der Waals surface area (Å²) >= 11 is 0. The Balaban J connectivity index is 1.75. The Morgan fingerprint density at radius 2 is 1.83 bits per heavy atom. The number of hydrogen-bond donors (Lipinski definition) is 1. The van der Waals surface area contributed by atoms with Gasteiger partial charge >= 0.3 is 6.18 Å². The Labute approximate surface area is 139 Å². The van der Waals surface area contributed by atoms with Gasteiger partial charge in [-0.15, -0.1) is 0 Å². The third kappa shape index (κ3) is 5.54. The van der Waals surface area contributed by atoms with Crippen molar-refractivity contribution in [3.8, 4) is 0 Å². The Kier molecular flexibility index (Phi) is 6.23. The number of benzene rings is 1. The van der Waals surface area contributed by atoms with Gasteiger partial charge in [0.05, 0.1) is 5.56 Å². The van der Waals surface area contributed by atoms with E-state index in [1.54, 1.807) is 4.90 Å². The fourth-order valence-corrected chi connectivity index (χ4v) is 2.61. The Morgan fingerprint density at radius 1 is 1.12 bits per heavy atom. The first-order valence-electron chi connectivity index (χ1n) is 8.07. The molecule has 0 radical (unpaired) electrons. The maximum absolute atomic E-state index is 12.5. The van der Waals surface area contributed by atoms with Gasteiger partial charge in [-0.3, -0.25) is 9.59 Å². The standard InChI is InChI=1S/C17H21F3N2O2/c18-17(19,20)14-7-5-13(6-8-14)12-21-15(23)9-11-22-10-3-1-2-4-16(22)24/h5-8H,1-4,9-12H2,(H,21,23). The molecule has 2 rings (SSSR count). The number of amides is 2. The molecule has 132 valence electrons. The molecular weight excluding hydrogens is 321 g/mol. The first kappa shape index (κ1) is 18.3. The zero-order valence-corrected chi connectivity index (χ0v) is 13.4. The Hall–Kier alpha value is -2.05. The molecule has 0 spiro atoms. The van der Waals surface area contributed by atoms with Gasteiger partial charge in [0.25, 0.3) is 0 Å². The lowest BCUT2D eigenvalue weighted by Gasteiger charge is -2.20. The number of carbonyl (C=O) groups is 2. The zero-order valence-electron chi connectivity index (χ0n) is 13.4. The van der Waals surface area contributed by atoms with E-state index in [2.05, 4.69) is 5.32 Å². The van der Waals surface area contributed by atoms with Gasteiger partial charge in [-0.2, -0.15) is 13.2 Å². The third-order valence-corrected chi connectivity index (χ3v) is 4.05. The average Bonchev–Trinajstić information content (AvgIpc) is 2.75. The normalized spacial score (nSPS) is 16.0. The molecule has 7 heteroatoms. The number of nitrogens with zero attached hydrogens (tertiary/aromatic N) is 1. The van der Waals surface area contributed by atoms with Gasteiger partial charge in [0.2, 0.25) is 11.8 Å². The lowest BCUT2D eigenvalue weighted by Crippen LogP contribution is -2.34. The predicted molar refractivity (Wildman–Crippen MR) is 83.0 cm³/mol. The van der Waals surface area contributed by atoms with Gasteiger partial charge in [0.15, 0.2) is 0 Å². The van der Waals surface area contributed by atoms with E-state index >= 15 is 0 Å². The van der Waals surface area contributed by atoms with E-state index in [4.69, 9.17) is 0 Å². The number of nitrogens with one attached hydrogen (secondary N) is 1. The van der Waals surface area contributed by atoms with Crippen LogP contribution in [0.3, 0.4) is 0 Å². The molecule has 1 aliphatic heterocycles. The van der Waals surface area contributed by atoms with Gasteiger partial charge in [-0.25, -0.2) is 0 Å². The zero-order chi connectivity index (χ0) is 17.6. The van der Waals surface area contributed by atoms with Crippen LogP contribution in [0, 0.1) is 0 Å². The summed E-state index contributed by atoms with van der Waals surface area (Å²) in [5.41, 5.74) is -0.112. The second kappa shape index (κ2) is 8.17. The van der Waals surface area contributed by atoms with Crippen LogP contribution in [0.25, 0.3) is 0 Å². The van der Waals surface area contributed by atoms with Crippen molar-refractivity contribution in [1.29, 1.82) is 0 Å². The van der Waals surface area contributed by atoms with E-state index in [1.165, 1.54) is 12.1 Å². The van der Waals surface area contributed by atoms with E-state index in [0.29, 0.717) is 25.1 Å². The largest absolute Gasteiger partial charge is 0.416 e. The highest BCUT2D eigenvalue weighted by molar-refractivity contribution is 5.79. The lowest BCUT2D eigenvalue weighted by atomic mass is 10.1. The van der Waals surface area contributed by atoms with Crippen LogP contribution in [0.2, 0.25) is 0 Å². The summed E-state index contributed by atoms with van der Waals surface area (Å²) in [5, 5.41) is 2.67. The van der Waals surface area contributed by atoms with Crippen molar-refractivity contribution >= 4 is 11.8 Å². The molecule has 1 heterocycles. The van der Waals surface area contributed by atoms with Crippen LogP contribution in [-0.4, -0.2) is 29.8 Å².